The van der Waals surface area contributed by atoms with Gasteiger partial charge in [0.2, 0.25) is 5.13 Å². The first kappa shape index (κ1) is 18.2. The molecule has 6 nitrogen and oxygen atoms in total. The molecule has 0 spiro atoms. The number of hydrogen-bond donors (Lipinski definition) is 1. The van der Waals surface area contributed by atoms with E-state index in [1.54, 1.807) is 25.1 Å². The number of Topliss-reactive ketones (excluding diaryl/α,β-unsaturated/α-hetero) is 1. The number of carbonyl (C=O) groups excluding carboxylic acids is 2. The zero-order valence-corrected chi connectivity index (χ0v) is 15.5. The molecule has 0 saturated heterocycles. The topological polar surface area (TPSA) is 81.2 Å². The summed E-state index contributed by atoms with van der Waals surface area (Å²) in [7, 11) is 0. The van der Waals surface area contributed by atoms with Crippen molar-refractivity contribution in [1.29, 1.82) is 0 Å². The predicted molar refractivity (Wildman–Crippen MR) is 98.3 cm³/mol. The molecule has 1 amide bonds. The molecule has 9 heteroatoms. The van der Waals surface area contributed by atoms with Gasteiger partial charge in [0.15, 0.2) is 11.9 Å². The van der Waals surface area contributed by atoms with Crippen LogP contribution < -0.4 is 10.1 Å². The van der Waals surface area contributed by atoms with Gasteiger partial charge in [-0.15, -0.1) is 21.5 Å². The normalized spacial score (nSPS) is 11.8. The van der Waals surface area contributed by atoms with Crippen molar-refractivity contribution < 1.29 is 18.7 Å². The molecule has 134 valence electrons. The fourth-order valence-corrected chi connectivity index (χ4v) is 3.48. The first-order valence-corrected chi connectivity index (χ1v) is 9.27. The van der Waals surface area contributed by atoms with Crippen LogP contribution in [0.5, 0.6) is 5.75 Å². The number of aromatic nitrogens is 2. The Morgan fingerprint density at radius 1 is 1.27 bits per heavy atom. The zero-order chi connectivity index (χ0) is 18.7. The second-order valence-electron chi connectivity index (χ2n) is 5.39. The minimum atomic E-state index is -0.857. The fourth-order valence-electron chi connectivity index (χ4n) is 2.15. The number of nitrogens with zero attached hydrogens (tertiary/aromatic N) is 2. The molecule has 0 radical (unpaired) electrons. The van der Waals surface area contributed by atoms with E-state index in [9.17, 15) is 14.0 Å². The van der Waals surface area contributed by atoms with Crippen LogP contribution >= 0.6 is 22.7 Å². The van der Waals surface area contributed by atoms with Gasteiger partial charge in [0.05, 0.1) is 4.88 Å². The van der Waals surface area contributed by atoms with Gasteiger partial charge in [0.1, 0.15) is 17.1 Å². The highest BCUT2D eigenvalue weighted by Crippen LogP contribution is 2.32. The molecule has 1 aromatic carbocycles. The van der Waals surface area contributed by atoms with Crippen LogP contribution in [0.1, 0.15) is 23.5 Å². The number of rotatable bonds is 6. The molecule has 26 heavy (non-hydrogen) atoms. The van der Waals surface area contributed by atoms with Gasteiger partial charge in [-0.25, -0.2) is 4.39 Å². The molecule has 0 aliphatic carbocycles. The van der Waals surface area contributed by atoms with Crippen molar-refractivity contribution in [3.63, 3.8) is 0 Å². The zero-order valence-electron chi connectivity index (χ0n) is 13.9. The molecule has 1 unspecified atom stereocenters. The Labute approximate surface area is 156 Å². The van der Waals surface area contributed by atoms with Crippen LogP contribution in [0.15, 0.2) is 35.8 Å². The highest BCUT2D eigenvalue weighted by molar-refractivity contribution is 7.17. The summed E-state index contributed by atoms with van der Waals surface area (Å²) in [4.78, 5) is 24.9. The summed E-state index contributed by atoms with van der Waals surface area (Å²) in [5.41, 5.74) is 2.07. The largest absolute Gasteiger partial charge is 0.481 e. The summed E-state index contributed by atoms with van der Waals surface area (Å²) in [5, 5.41) is 10.3. The number of halogens is 1. The van der Waals surface area contributed by atoms with Gasteiger partial charge in [0.25, 0.3) is 5.91 Å². The third-order valence-electron chi connectivity index (χ3n) is 3.38. The number of amides is 1. The van der Waals surface area contributed by atoms with Crippen molar-refractivity contribution in [2.75, 3.05) is 5.32 Å². The molecule has 0 fully saturated rings. The molecule has 3 rings (SSSR count). The van der Waals surface area contributed by atoms with Crippen molar-refractivity contribution in [2.24, 2.45) is 0 Å². The minimum absolute atomic E-state index is 0.0453. The Kier molecular flexibility index (Phi) is 5.38. The average molecular weight is 391 g/mol. The van der Waals surface area contributed by atoms with Crippen LogP contribution in [0.2, 0.25) is 0 Å². The summed E-state index contributed by atoms with van der Waals surface area (Å²) in [6.07, 6.45) is -0.857. The third kappa shape index (κ3) is 4.30. The lowest BCUT2D eigenvalue weighted by atomic mass is 10.1. The number of benzene rings is 1. The summed E-state index contributed by atoms with van der Waals surface area (Å²) < 4.78 is 19.5. The fraction of sp³-hybridized carbons (Fsp3) is 0.176. The van der Waals surface area contributed by atoms with E-state index in [1.165, 1.54) is 47.2 Å². The van der Waals surface area contributed by atoms with Crippen LogP contribution in [0.25, 0.3) is 10.4 Å². The Bertz CT molecular complexity index is 941. The molecule has 0 aliphatic heterocycles. The Morgan fingerprint density at radius 2 is 2.08 bits per heavy atom. The van der Waals surface area contributed by atoms with E-state index < -0.39 is 17.8 Å². The highest BCUT2D eigenvalue weighted by atomic mass is 32.1. The summed E-state index contributed by atoms with van der Waals surface area (Å²) >= 11 is 2.46. The van der Waals surface area contributed by atoms with Crippen LogP contribution in [0.3, 0.4) is 0 Å². The standard InChI is InChI=1S/C17H14FN3O3S2/c1-9(22)14-3-4-15(26-14)11-5-12(18)7-13(6-11)24-10(2)16(23)20-17-21-19-8-25-17/h3-8,10H,1-2H3,(H,20,21,23). The Hall–Kier alpha value is -2.65. The smallest absolute Gasteiger partial charge is 0.266 e. The van der Waals surface area contributed by atoms with Gasteiger partial charge in [-0.3, -0.25) is 14.9 Å². The number of hydrogen-bond acceptors (Lipinski definition) is 7. The SMILES string of the molecule is CC(=O)c1ccc(-c2cc(F)cc(OC(C)C(=O)Nc3nncs3)c2)s1. The van der Waals surface area contributed by atoms with Gasteiger partial charge < -0.3 is 4.74 Å². The Morgan fingerprint density at radius 3 is 2.73 bits per heavy atom. The lowest BCUT2D eigenvalue weighted by Gasteiger charge is -2.14. The van der Waals surface area contributed by atoms with E-state index in [1.807, 2.05) is 0 Å². The van der Waals surface area contributed by atoms with Crippen LogP contribution in [0, 0.1) is 5.82 Å². The minimum Gasteiger partial charge on any atom is -0.481 e. The van der Waals surface area contributed by atoms with Crippen molar-refractivity contribution in [3.05, 3.63) is 46.5 Å². The number of ketones is 1. The summed E-state index contributed by atoms with van der Waals surface area (Å²) in [6.45, 7) is 3.04. The van der Waals surface area contributed by atoms with Gasteiger partial charge in [-0.2, -0.15) is 0 Å². The maximum atomic E-state index is 14.0. The highest BCUT2D eigenvalue weighted by Gasteiger charge is 2.17. The number of anilines is 1. The van der Waals surface area contributed by atoms with E-state index in [0.717, 1.165) is 4.88 Å². The molecule has 2 aromatic heterocycles. The van der Waals surface area contributed by atoms with E-state index >= 15 is 0 Å². The lowest BCUT2D eigenvalue weighted by molar-refractivity contribution is -0.122. The van der Waals surface area contributed by atoms with Crippen LogP contribution in [-0.4, -0.2) is 28.0 Å². The first-order chi connectivity index (χ1) is 12.4. The van der Waals surface area contributed by atoms with Crippen molar-refractivity contribution in [3.8, 4) is 16.2 Å². The predicted octanol–water partition coefficient (Wildman–Crippen LogP) is 4.01. The van der Waals surface area contributed by atoms with E-state index in [-0.39, 0.29) is 11.5 Å². The van der Waals surface area contributed by atoms with Gasteiger partial charge in [-0.05, 0) is 43.7 Å². The summed E-state index contributed by atoms with van der Waals surface area (Å²) in [6, 6.07) is 7.65. The second-order valence-corrected chi connectivity index (χ2v) is 7.31. The molecule has 1 N–H and O–H groups in total. The van der Waals surface area contributed by atoms with E-state index in [0.29, 0.717) is 15.6 Å². The summed E-state index contributed by atoms with van der Waals surface area (Å²) in [5.74, 6) is -0.733. The van der Waals surface area contributed by atoms with E-state index in [4.69, 9.17) is 4.74 Å². The molecular formula is C17H14FN3O3S2. The van der Waals surface area contributed by atoms with Crippen molar-refractivity contribution >= 4 is 39.5 Å². The second kappa shape index (κ2) is 7.71. The molecule has 0 saturated carbocycles. The van der Waals surface area contributed by atoms with Gasteiger partial charge in [0, 0.05) is 10.9 Å². The van der Waals surface area contributed by atoms with Gasteiger partial charge >= 0.3 is 0 Å². The maximum Gasteiger partial charge on any atom is 0.266 e. The molecule has 3 aromatic rings. The van der Waals surface area contributed by atoms with Crippen LogP contribution in [-0.2, 0) is 4.79 Å². The lowest BCUT2D eigenvalue weighted by Crippen LogP contribution is -2.30. The average Bonchev–Trinajstić information content (AvgIpc) is 3.25. The molecule has 2 heterocycles. The quantitative estimate of drug-likeness (QED) is 0.642. The number of carbonyl (C=O) groups is 2. The maximum absolute atomic E-state index is 14.0. The molecule has 0 bridgehead atoms. The number of thiophene rings is 1. The molecule has 1 atom stereocenters. The van der Waals surface area contributed by atoms with Gasteiger partial charge in [-0.1, -0.05) is 11.3 Å². The van der Waals surface area contributed by atoms with Crippen molar-refractivity contribution in [1.82, 2.24) is 10.2 Å². The first-order valence-electron chi connectivity index (χ1n) is 7.58. The molecular weight excluding hydrogens is 377 g/mol. The Balaban J connectivity index is 1.76. The van der Waals surface area contributed by atoms with E-state index in [2.05, 4.69) is 15.5 Å². The number of nitrogens with one attached hydrogen (secondary N) is 1. The van der Waals surface area contributed by atoms with Crippen molar-refractivity contribution in [2.45, 2.75) is 20.0 Å². The number of ether oxygens (including phenoxy) is 1. The van der Waals surface area contributed by atoms with Crippen LogP contribution in [0.4, 0.5) is 9.52 Å². The monoisotopic (exact) mass is 391 g/mol. The molecule has 0 aliphatic rings. The third-order valence-corrected chi connectivity index (χ3v) is 5.22.